The van der Waals surface area contributed by atoms with Crippen molar-refractivity contribution in [3.63, 3.8) is 0 Å². The number of sulfone groups is 1. The van der Waals surface area contributed by atoms with E-state index in [1.807, 2.05) is 19.1 Å². The molecule has 1 aliphatic carbocycles. The Morgan fingerprint density at radius 1 is 1.38 bits per heavy atom. The lowest BCUT2D eigenvalue weighted by atomic mass is 10.2. The highest BCUT2D eigenvalue weighted by Crippen LogP contribution is 2.31. The molecular weight excluding hydrogens is 326 g/mol. The molecule has 0 aromatic carbocycles. The second kappa shape index (κ2) is 6.70. The lowest BCUT2D eigenvalue weighted by molar-refractivity contribution is 0.0686. The van der Waals surface area contributed by atoms with Crippen LogP contribution in [0.15, 0.2) is 18.3 Å². The van der Waals surface area contributed by atoms with E-state index in [0.717, 1.165) is 31.6 Å². The fourth-order valence-corrected chi connectivity index (χ4v) is 4.47. The van der Waals surface area contributed by atoms with Crippen LogP contribution in [0, 0.1) is 0 Å². The molecule has 2 fully saturated rings. The number of rotatable bonds is 6. The van der Waals surface area contributed by atoms with Crippen LogP contribution in [-0.2, 0) is 9.84 Å². The van der Waals surface area contributed by atoms with Crippen LogP contribution in [-0.4, -0.2) is 61.4 Å². The molecule has 1 saturated heterocycles. The van der Waals surface area contributed by atoms with Crippen molar-refractivity contribution in [3.05, 3.63) is 24.0 Å². The number of carbonyl (C=O) groups is 1. The maximum absolute atomic E-state index is 13.0. The van der Waals surface area contributed by atoms with Crippen molar-refractivity contribution >= 4 is 21.4 Å². The van der Waals surface area contributed by atoms with Gasteiger partial charge in [-0.15, -0.1) is 0 Å². The number of hydrogen-bond donors (Lipinski definition) is 0. The monoisotopic (exact) mass is 351 g/mol. The number of hydrogen-bond acceptors (Lipinski definition) is 5. The SMILES string of the molecule is C[C@H](CS(C)(=O)=O)N(C(=O)c1cc(N2CCCC2)ccn1)C1CC1. The third-order valence-corrected chi connectivity index (χ3v) is 5.72. The van der Waals surface area contributed by atoms with Gasteiger partial charge in [-0.3, -0.25) is 9.78 Å². The Balaban J connectivity index is 1.81. The maximum atomic E-state index is 13.0. The molecule has 6 nitrogen and oxygen atoms in total. The first kappa shape index (κ1) is 17.2. The van der Waals surface area contributed by atoms with Gasteiger partial charge in [0.05, 0.1) is 5.75 Å². The summed E-state index contributed by atoms with van der Waals surface area (Å²) in [4.78, 5) is 21.2. The fraction of sp³-hybridized carbons (Fsp3) is 0.647. The van der Waals surface area contributed by atoms with Gasteiger partial charge in [0.1, 0.15) is 15.5 Å². The molecule has 7 heteroatoms. The van der Waals surface area contributed by atoms with Crippen molar-refractivity contribution in [2.24, 2.45) is 0 Å². The van der Waals surface area contributed by atoms with Crippen molar-refractivity contribution in [1.82, 2.24) is 9.88 Å². The number of aromatic nitrogens is 1. The van der Waals surface area contributed by atoms with E-state index in [4.69, 9.17) is 0 Å². The summed E-state index contributed by atoms with van der Waals surface area (Å²) in [6.45, 7) is 3.82. The average Bonchev–Trinajstić information content (AvgIpc) is 3.17. The lowest BCUT2D eigenvalue weighted by Gasteiger charge is -2.29. The maximum Gasteiger partial charge on any atom is 0.273 e. The molecule has 1 atom stereocenters. The Morgan fingerprint density at radius 2 is 2.04 bits per heavy atom. The number of nitrogens with zero attached hydrogens (tertiary/aromatic N) is 3. The molecule has 1 aromatic rings. The van der Waals surface area contributed by atoms with Gasteiger partial charge in [0.15, 0.2) is 0 Å². The molecular formula is C17H25N3O3S. The Kier molecular flexibility index (Phi) is 4.80. The van der Waals surface area contributed by atoms with E-state index in [9.17, 15) is 13.2 Å². The zero-order valence-electron chi connectivity index (χ0n) is 14.3. The third kappa shape index (κ3) is 4.06. The van der Waals surface area contributed by atoms with Gasteiger partial charge < -0.3 is 9.80 Å². The second-order valence-electron chi connectivity index (χ2n) is 6.98. The largest absolute Gasteiger partial charge is 0.371 e. The smallest absolute Gasteiger partial charge is 0.273 e. The van der Waals surface area contributed by atoms with E-state index < -0.39 is 9.84 Å². The summed E-state index contributed by atoms with van der Waals surface area (Å²) >= 11 is 0. The molecule has 0 bridgehead atoms. The van der Waals surface area contributed by atoms with Gasteiger partial charge in [-0.05, 0) is 44.7 Å². The van der Waals surface area contributed by atoms with E-state index in [1.165, 1.54) is 19.1 Å². The van der Waals surface area contributed by atoms with Crippen LogP contribution in [0.25, 0.3) is 0 Å². The zero-order valence-corrected chi connectivity index (χ0v) is 15.1. The van der Waals surface area contributed by atoms with Crippen molar-refractivity contribution in [2.75, 3.05) is 30.0 Å². The molecule has 2 heterocycles. The Bertz CT molecular complexity index is 710. The van der Waals surface area contributed by atoms with Crippen LogP contribution < -0.4 is 4.90 Å². The fourth-order valence-electron chi connectivity index (χ4n) is 3.44. The first-order chi connectivity index (χ1) is 11.3. The number of amides is 1. The molecule has 0 radical (unpaired) electrons. The van der Waals surface area contributed by atoms with Gasteiger partial charge in [-0.2, -0.15) is 0 Å². The molecule has 1 aliphatic heterocycles. The van der Waals surface area contributed by atoms with E-state index in [1.54, 1.807) is 11.1 Å². The molecule has 2 aliphatic rings. The molecule has 3 rings (SSSR count). The van der Waals surface area contributed by atoms with Crippen LogP contribution in [0.2, 0.25) is 0 Å². The summed E-state index contributed by atoms with van der Waals surface area (Å²) in [6.07, 6.45) is 7.10. The van der Waals surface area contributed by atoms with Crippen LogP contribution in [0.5, 0.6) is 0 Å². The predicted molar refractivity (Wildman–Crippen MR) is 94.0 cm³/mol. The Hall–Kier alpha value is -1.63. The van der Waals surface area contributed by atoms with E-state index in [2.05, 4.69) is 9.88 Å². The molecule has 1 aromatic heterocycles. The van der Waals surface area contributed by atoms with Crippen LogP contribution in [0.4, 0.5) is 5.69 Å². The molecule has 132 valence electrons. The quantitative estimate of drug-likeness (QED) is 0.780. The number of anilines is 1. The van der Waals surface area contributed by atoms with Gasteiger partial charge in [-0.1, -0.05) is 0 Å². The summed E-state index contributed by atoms with van der Waals surface area (Å²) in [5, 5.41) is 0. The topological polar surface area (TPSA) is 70.6 Å². The molecule has 0 spiro atoms. The second-order valence-corrected chi connectivity index (χ2v) is 9.16. The lowest BCUT2D eigenvalue weighted by Crippen LogP contribution is -2.44. The minimum absolute atomic E-state index is 0.0128. The first-order valence-corrected chi connectivity index (χ1v) is 10.6. The Morgan fingerprint density at radius 3 is 2.62 bits per heavy atom. The third-order valence-electron chi connectivity index (χ3n) is 4.63. The summed E-state index contributed by atoms with van der Waals surface area (Å²) in [7, 11) is -3.13. The Labute approximate surface area is 143 Å². The van der Waals surface area contributed by atoms with E-state index >= 15 is 0 Å². The molecule has 1 saturated carbocycles. The van der Waals surface area contributed by atoms with Gasteiger partial charge in [0.25, 0.3) is 5.91 Å². The zero-order chi connectivity index (χ0) is 17.3. The van der Waals surface area contributed by atoms with Crippen molar-refractivity contribution in [1.29, 1.82) is 0 Å². The normalized spacial score (nSPS) is 19.3. The molecule has 1 amide bonds. The van der Waals surface area contributed by atoms with Gasteiger partial charge in [0.2, 0.25) is 0 Å². The average molecular weight is 351 g/mol. The highest BCUT2D eigenvalue weighted by Gasteiger charge is 2.37. The standard InChI is InChI=1S/C17H25N3O3S/c1-13(12-24(2,22)23)20(14-5-6-14)17(21)16-11-15(7-8-18-16)19-9-3-4-10-19/h7-8,11,13-14H,3-6,9-10,12H2,1-2H3/t13-/m1/s1. The number of pyridine rings is 1. The van der Waals surface area contributed by atoms with E-state index in [0.29, 0.717) is 5.69 Å². The van der Waals surface area contributed by atoms with Gasteiger partial charge in [0, 0.05) is 43.3 Å². The van der Waals surface area contributed by atoms with Gasteiger partial charge >= 0.3 is 0 Å². The summed E-state index contributed by atoms with van der Waals surface area (Å²) in [5.74, 6) is -0.171. The van der Waals surface area contributed by atoms with Crippen LogP contribution in [0.3, 0.4) is 0 Å². The summed E-state index contributed by atoms with van der Waals surface area (Å²) in [6, 6.07) is 3.59. The van der Waals surface area contributed by atoms with Crippen molar-refractivity contribution in [2.45, 2.75) is 44.7 Å². The highest BCUT2D eigenvalue weighted by molar-refractivity contribution is 7.90. The highest BCUT2D eigenvalue weighted by atomic mass is 32.2. The summed E-state index contributed by atoms with van der Waals surface area (Å²) < 4.78 is 23.2. The van der Waals surface area contributed by atoms with Crippen molar-refractivity contribution in [3.8, 4) is 0 Å². The van der Waals surface area contributed by atoms with E-state index in [-0.39, 0.29) is 23.7 Å². The van der Waals surface area contributed by atoms with Crippen LogP contribution >= 0.6 is 0 Å². The summed E-state index contributed by atoms with van der Waals surface area (Å²) in [5.41, 5.74) is 1.43. The first-order valence-electron chi connectivity index (χ1n) is 8.56. The molecule has 0 N–H and O–H groups in total. The molecule has 0 unspecified atom stereocenters. The van der Waals surface area contributed by atoms with Crippen molar-refractivity contribution < 1.29 is 13.2 Å². The predicted octanol–water partition coefficient (Wildman–Crippen LogP) is 1.72. The van der Waals surface area contributed by atoms with Crippen LogP contribution in [0.1, 0.15) is 43.1 Å². The molecule has 24 heavy (non-hydrogen) atoms. The van der Waals surface area contributed by atoms with Gasteiger partial charge in [-0.25, -0.2) is 8.42 Å². The minimum atomic E-state index is -3.13. The minimum Gasteiger partial charge on any atom is -0.371 e. The number of carbonyl (C=O) groups excluding carboxylic acids is 1.